The molecule has 1 aliphatic rings. The minimum atomic E-state index is 0.920. The second-order valence-corrected chi connectivity index (χ2v) is 9.55. The summed E-state index contributed by atoms with van der Waals surface area (Å²) in [6.07, 6.45) is 1.04. The summed E-state index contributed by atoms with van der Waals surface area (Å²) in [6, 6.07) is 33.4. The third kappa shape index (κ3) is 4.64. The summed E-state index contributed by atoms with van der Waals surface area (Å²) >= 11 is 0. The lowest BCUT2D eigenvalue weighted by atomic mass is 9.97. The lowest BCUT2D eigenvalue weighted by molar-refractivity contribution is 0.320. The molecule has 0 bridgehead atoms. The molecule has 4 aromatic carbocycles. The van der Waals surface area contributed by atoms with Crippen LogP contribution in [0.2, 0.25) is 0 Å². The lowest BCUT2D eigenvalue weighted by Crippen LogP contribution is -2.18. The van der Waals surface area contributed by atoms with E-state index in [1.807, 2.05) is 0 Å². The van der Waals surface area contributed by atoms with Gasteiger partial charge in [0, 0.05) is 19.6 Å². The fourth-order valence-electron chi connectivity index (χ4n) is 5.18. The first kappa shape index (κ1) is 21.6. The maximum atomic E-state index is 2.44. The van der Waals surface area contributed by atoms with Crippen molar-refractivity contribution in [2.45, 2.75) is 26.1 Å². The normalized spacial score (nSPS) is 12.3. The van der Waals surface area contributed by atoms with Gasteiger partial charge >= 0.3 is 0 Å². The van der Waals surface area contributed by atoms with Gasteiger partial charge in [0.1, 0.15) is 0 Å². The van der Waals surface area contributed by atoms with Crippen molar-refractivity contribution in [2.24, 2.45) is 0 Å². The van der Waals surface area contributed by atoms with E-state index in [0.717, 1.165) is 26.1 Å². The van der Waals surface area contributed by atoms with Gasteiger partial charge in [-0.15, -0.1) is 0 Å². The number of rotatable bonds is 7. The molecule has 2 nitrogen and oxygen atoms in total. The summed E-state index contributed by atoms with van der Waals surface area (Å²) in [5.74, 6) is 0. The van der Waals surface area contributed by atoms with Crippen molar-refractivity contribution >= 4 is 0 Å². The fourth-order valence-corrected chi connectivity index (χ4v) is 5.18. The zero-order valence-corrected chi connectivity index (χ0v) is 19.9. The van der Waals surface area contributed by atoms with Gasteiger partial charge in [-0.2, -0.15) is 0 Å². The number of nitrogens with zero attached hydrogens (tertiary/aromatic N) is 2. The zero-order valence-electron chi connectivity index (χ0n) is 19.9. The van der Waals surface area contributed by atoms with Crippen LogP contribution >= 0.6 is 0 Å². The second-order valence-electron chi connectivity index (χ2n) is 9.55. The van der Waals surface area contributed by atoms with Gasteiger partial charge in [-0.25, -0.2) is 0 Å². The van der Waals surface area contributed by atoms with Crippen LogP contribution in [0.3, 0.4) is 0 Å². The van der Waals surface area contributed by atoms with Crippen molar-refractivity contribution in [1.29, 1.82) is 0 Å². The Morgan fingerprint density at radius 1 is 0.606 bits per heavy atom. The Kier molecular flexibility index (Phi) is 6.13. The van der Waals surface area contributed by atoms with Gasteiger partial charge in [-0.1, -0.05) is 91.0 Å². The monoisotopic (exact) mass is 432 g/mol. The largest absolute Gasteiger partial charge is 0.305 e. The molecule has 0 radical (unpaired) electrons. The van der Waals surface area contributed by atoms with Gasteiger partial charge in [0.05, 0.1) is 0 Å². The van der Waals surface area contributed by atoms with E-state index in [4.69, 9.17) is 0 Å². The summed E-state index contributed by atoms with van der Waals surface area (Å²) in [5.41, 5.74) is 12.6. The van der Waals surface area contributed by atoms with Gasteiger partial charge in [-0.05, 0) is 77.6 Å². The molecule has 2 heteroatoms. The predicted octanol–water partition coefficient (Wildman–Crippen LogP) is 6.62. The lowest BCUT2D eigenvalue weighted by Gasteiger charge is -2.21. The van der Waals surface area contributed by atoms with Crippen LogP contribution in [0.4, 0.5) is 0 Å². The Morgan fingerprint density at radius 3 is 2.15 bits per heavy atom. The molecule has 0 fully saturated rings. The molecule has 166 valence electrons. The summed E-state index contributed by atoms with van der Waals surface area (Å²) in [4.78, 5) is 4.67. The molecule has 0 heterocycles. The molecule has 4 aromatic rings. The summed E-state index contributed by atoms with van der Waals surface area (Å²) in [5, 5.41) is 0. The van der Waals surface area contributed by atoms with E-state index >= 15 is 0 Å². The minimum Gasteiger partial charge on any atom is -0.305 e. The Bertz CT molecular complexity index is 1260. The third-order valence-electron chi connectivity index (χ3n) is 6.54. The first-order valence-electron chi connectivity index (χ1n) is 11.8. The molecule has 0 saturated carbocycles. The highest BCUT2D eigenvalue weighted by Gasteiger charge is 2.22. The van der Waals surface area contributed by atoms with Crippen molar-refractivity contribution in [3.63, 3.8) is 0 Å². The number of hydrogen-bond acceptors (Lipinski definition) is 2. The molecule has 0 atom stereocenters. The summed E-state index contributed by atoms with van der Waals surface area (Å²) < 4.78 is 0. The van der Waals surface area contributed by atoms with Crippen LogP contribution in [0, 0.1) is 0 Å². The molecule has 0 unspecified atom stereocenters. The Balaban J connectivity index is 1.39. The van der Waals surface area contributed by atoms with Gasteiger partial charge < -0.3 is 4.90 Å². The summed E-state index contributed by atoms with van der Waals surface area (Å²) in [6.45, 7) is 2.84. The van der Waals surface area contributed by atoms with Crippen LogP contribution in [-0.4, -0.2) is 30.9 Å². The molecule has 5 rings (SSSR count). The highest BCUT2D eigenvalue weighted by molar-refractivity contribution is 5.79. The Labute approximate surface area is 198 Å². The maximum absolute atomic E-state index is 2.44. The molecule has 0 aromatic heterocycles. The van der Waals surface area contributed by atoms with Crippen LogP contribution in [0.1, 0.15) is 27.8 Å². The standard InChI is InChI=1S/C31H32N2/c1-32(2)20-23-16-17-30-28(18-23)19-25-13-9-14-27(31(25)30)22-33(3)21-26-12-7-8-15-29(26)24-10-5-4-6-11-24/h4-18H,19-22H2,1-3H3. The van der Waals surface area contributed by atoms with E-state index in [9.17, 15) is 0 Å². The van der Waals surface area contributed by atoms with Gasteiger partial charge in [-0.3, -0.25) is 4.90 Å². The Morgan fingerprint density at radius 2 is 1.33 bits per heavy atom. The molecule has 0 aliphatic heterocycles. The zero-order chi connectivity index (χ0) is 22.8. The van der Waals surface area contributed by atoms with E-state index < -0.39 is 0 Å². The van der Waals surface area contributed by atoms with Crippen molar-refractivity contribution in [2.75, 3.05) is 21.1 Å². The smallest absolute Gasteiger partial charge is 0.0240 e. The van der Waals surface area contributed by atoms with Crippen LogP contribution in [-0.2, 0) is 26.1 Å². The predicted molar refractivity (Wildman–Crippen MR) is 139 cm³/mol. The van der Waals surface area contributed by atoms with E-state index in [0.29, 0.717) is 0 Å². The summed E-state index contributed by atoms with van der Waals surface area (Å²) in [7, 11) is 6.49. The third-order valence-corrected chi connectivity index (χ3v) is 6.54. The van der Waals surface area contributed by atoms with Gasteiger partial charge in [0.15, 0.2) is 0 Å². The van der Waals surface area contributed by atoms with E-state index in [1.165, 1.54) is 50.1 Å². The van der Waals surface area contributed by atoms with Crippen molar-refractivity contribution in [1.82, 2.24) is 9.80 Å². The van der Waals surface area contributed by atoms with Crippen molar-refractivity contribution in [3.8, 4) is 22.3 Å². The van der Waals surface area contributed by atoms with Crippen molar-refractivity contribution in [3.05, 3.63) is 119 Å². The maximum Gasteiger partial charge on any atom is 0.0240 e. The highest BCUT2D eigenvalue weighted by Crippen LogP contribution is 2.40. The number of fused-ring (bicyclic) bond motifs is 3. The molecule has 1 aliphatic carbocycles. The Hall–Kier alpha value is -3.20. The van der Waals surface area contributed by atoms with Crippen LogP contribution < -0.4 is 0 Å². The van der Waals surface area contributed by atoms with Gasteiger partial charge in [0.25, 0.3) is 0 Å². The number of benzene rings is 4. The highest BCUT2D eigenvalue weighted by atomic mass is 15.1. The molecule has 0 amide bonds. The molecule has 33 heavy (non-hydrogen) atoms. The minimum absolute atomic E-state index is 0.920. The second kappa shape index (κ2) is 9.35. The van der Waals surface area contributed by atoms with E-state index in [-0.39, 0.29) is 0 Å². The van der Waals surface area contributed by atoms with Crippen LogP contribution in [0.15, 0.2) is 91.0 Å². The average Bonchev–Trinajstić information content (AvgIpc) is 3.18. The SMILES string of the molecule is CN(C)Cc1ccc2c(c1)Cc1cccc(CN(C)Cc3ccccc3-c3ccccc3)c1-2. The van der Waals surface area contributed by atoms with E-state index in [1.54, 1.807) is 0 Å². The van der Waals surface area contributed by atoms with Crippen LogP contribution in [0.25, 0.3) is 22.3 Å². The fraction of sp³-hybridized carbons (Fsp3) is 0.226. The molecular weight excluding hydrogens is 400 g/mol. The molecular formula is C31H32N2. The topological polar surface area (TPSA) is 6.48 Å². The molecule has 0 spiro atoms. The van der Waals surface area contributed by atoms with Crippen molar-refractivity contribution < 1.29 is 0 Å². The molecule has 0 saturated heterocycles. The van der Waals surface area contributed by atoms with Crippen LogP contribution in [0.5, 0.6) is 0 Å². The van der Waals surface area contributed by atoms with E-state index in [2.05, 4.69) is 122 Å². The first-order valence-corrected chi connectivity index (χ1v) is 11.8. The number of hydrogen-bond donors (Lipinski definition) is 0. The molecule has 0 N–H and O–H groups in total. The first-order chi connectivity index (χ1) is 16.1. The van der Waals surface area contributed by atoms with Gasteiger partial charge in [0.2, 0.25) is 0 Å². The average molecular weight is 433 g/mol. The quantitative estimate of drug-likeness (QED) is 0.285.